The van der Waals surface area contributed by atoms with Crippen LogP contribution in [0.4, 0.5) is 4.79 Å². The zero-order valence-corrected chi connectivity index (χ0v) is 9.25. The Bertz CT molecular complexity index is 436. The van der Waals surface area contributed by atoms with Crippen LogP contribution < -0.4 is 0 Å². The van der Waals surface area contributed by atoms with E-state index in [0.717, 1.165) is 0 Å². The highest BCUT2D eigenvalue weighted by Crippen LogP contribution is 2.11. The first-order valence-corrected chi connectivity index (χ1v) is 4.84. The van der Waals surface area contributed by atoms with Crippen LogP contribution in [0, 0.1) is 0 Å². The van der Waals surface area contributed by atoms with E-state index in [0.29, 0.717) is 11.1 Å². The maximum atomic E-state index is 11.4. The van der Waals surface area contributed by atoms with Gasteiger partial charge in [-0.05, 0) is 17.7 Å². The Morgan fingerprint density at radius 1 is 1.35 bits per heavy atom. The summed E-state index contributed by atoms with van der Waals surface area (Å²) in [6, 6.07) is 6.84. The third-order valence-corrected chi connectivity index (χ3v) is 1.97. The molecule has 0 spiro atoms. The molecule has 1 aromatic carbocycles. The van der Waals surface area contributed by atoms with Crippen molar-refractivity contribution >= 4 is 18.2 Å². The SMILES string of the molecule is COC(=O)c1ccccc1C=CCOC(=O)O. The van der Waals surface area contributed by atoms with E-state index in [1.165, 1.54) is 13.2 Å². The summed E-state index contributed by atoms with van der Waals surface area (Å²) in [5, 5.41) is 8.26. The monoisotopic (exact) mass is 236 g/mol. The van der Waals surface area contributed by atoms with Crippen LogP contribution in [0.15, 0.2) is 30.3 Å². The smallest absolute Gasteiger partial charge is 0.465 e. The molecular weight excluding hydrogens is 224 g/mol. The summed E-state index contributed by atoms with van der Waals surface area (Å²) in [5.74, 6) is -0.440. The average molecular weight is 236 g/mol. The molecule has 0 atom stereocenters. The maximum absolute atomic E-state index is 11.4. The molecule has 0 radical (unpaired) electrons. The summed E-state index contributed by atoms with van der Waals surface area (Å²) < 4.78 is 8.93. The third kappa shape index (κ3) is 3.98. The van der Waals surface area contributed by atoms with Gasteiger partial charge in [-0.25, -0.2) is 9.59 Å². The fourth-order valence-corrected chi connectivity index (χ4v) is 1.23. The van der Waals surface area contributed by atoms with E-state index in [2.05, 4.69) is 9.47 Å². The summed E-state index contributed by atoms with van der Waals surface area (Å²) in [6.45, 7) is -0.0646. The third-order valence-electron chi connectivity index (χ3n) is 1.97. The van der Waals surface area contributed by atoms with Gasteiger partial charge in [-0.15, -0.1) is 0 Å². The highest BCUT2D eigenvalue weighted by Gasteiger charge is 2.08. The number of ether oxygens (including phenoxy) is 2. The van der Waals surface area contributed by atoms with Crippen LogP contribution in [0.25, 0.3) is 6.08 Å². The molecule has 0 saturated heterocycles. The van der Waals surface area contributed by atoms with E-state index in [4.69, 9.17) is 5.11 Å². The van der Waals surface area contributed by atoms with Gasteiger partial charge in [0.05, 0.1) is 12.7 Å². The summed E-state index contributed by atoms with van der Waals surface area (Å²) in [4.78, 5) is 21.5. The van der Waals surface area contributed by atoms with Crippen LogP contribution in [0.5, 0.6) is 0 Å². The molecular formula is C12H12O5. The van der Waals surface area contributed by atoms with Gasteiger partial charge in [-0.2, -0.15) is 0 Å². The molecule has 0 aliphatic heterocycles. The van der Waals surface area contributed by atoms with Gasteiger partial charge in [-0.3, -0.25) is 0 Å². The van der Waals surface area contributed by atoms with Gasteiger partial charge in [0.25, 0.3) is 0 Å². The molecule has 0 bridgehead atoms. The standard InChI is InChI=1S/C12H12O5/c1-16-11(13)10-7-3-2-5-9(10)6-4-8-17-12(14)15/h2-7H,8H2,1H3,(H,14,15). The minimum absolute atomic E-state index is 0.0646. The van der Waals surface area contributed by atoms with Crippen molar-refractivity contribution in [2.24, 2.45) is 0 Å². The van der Waals surface area contributed by atoms with Gasteiger partial charge >= 0.3 is 12.1 Å². The van der Waals surface area contributed by atoms with E-state index >= 15 is 0 Å². The van der Waals surface area contributed by atoms with Gasteiger partial charge in [0, 0.05) is 0 Å². The van der Waals surface area contributed by atoms with Gasteiger partial charge in [0.2, 0.25) is 0 Å². The summed E-state index contributed by atoms with van der Waals surface area (Å²) in [5.41, 5.74) is 1.06. The number of rotatable bonds is 4. The number of benzene rings is 1. The Morgan fingerprint density at radius 3 is 2.71 bits per heavy atom. The van der Waals surface area contributed by atoms with Gasteiger partial charge in [-0.1, -0.05) is 24.3 Å². The largest absolute Gasteiger partial charge is 0.506 e. The summed E-state index contributed by atoms with van der Waals surface area (Å²) >= 11 is 0. The Morgan fingerprint density at radius 2 is 2.06 bits per heavy atom. The number of esters is 1. The lowest BCUT2D eigenvalue weighted by molar-refractivity contribution is 0.0600. The van der Waals surface area contributed by atoms with Crippen LogP contribution in [-0.4, -0.2) is 30.9 Å². The molecule has 0 unspecified atom stereocenters. The molecule has 1 aromatic rings. The van der Waals surface area contributed by atoms with Crippen molar-refractivity contribution in [2.75, 3.05) is 13.7 Å². The Kier molecular flexibility index (Phi) is 4.75. The fourth-order valence-electron chi connectivity index (χ4n) is 1.23. The van der Waals surface area contributed by atoms with Crippen molar-refractivity contribution in [1.29, 1.82) is 0 Å². The van der Waals surface area contributed by atoms with E-state index in [1.807, 2.05) is 0 Å². The average Bonchev–Trinajstić information content (AvgIpc) is 2.34. The van der Waals surface area contributed by atoms with Gasteiger partial charge in [0.15, 0.2) is 0 Å². The Balaban J connectivity index is 2.76. The topological polar surface area (TPSA) is 72.8 Å². The first-order valence-electron chi connectivity index (χ1n) is 4.84. The number of carboxylic acid groups (broad SMARTS) is 1. The van der Waals surface area contributed by atoms with Crippen molar-refractivity contribution in [3.8, 4) is 0 Å². The zero-order chi connectivity index (χ0) is 12.7. The first kappa shape index (κ1) is 12.8. The molecule has 1 N–H and O–H groups in total. The maximum Gasteiger partial charge on any atom is 0.506 e. The van der Waals surface area contributed by atoms with E-state index in [-0.39, 0.29) is 6.61 Å². The molecule has 0 heterocycles. The molecule has 90 valence electrons. The molecule has 5 nitrogen and oxygen atoms in total. The van der Waals surface area contributed by atoms with Crippen molar-refractivity contribution < 1.29 is 24.2 Å². The summed E-state index contributed by atoms with van der Waals surface area (Å²) in [7, 11) is 1.30. The molecule has 0 aliphatic carbocycles. The molecule has 0 amide bonds. The van der Waals surface area contributed by atoms with Gasteiger partial charge in [0.1, 0.15) is 6.61 Å². The van der Waals surface area contributed by atoms with Crippen molar-refractivity contribution in [1.82, 2.24) is 0 Å². The number of hydrogen-bond donors (Lipinski definition) is 1. The van der Waals surface area contributed by atoms with Crippen molar-refractivity contribution in [2.45, 2.75) is 0 Å². The second-order valence-corrected chi connectivity index (χ2v) is 3.06. The molecule has 1 rings (SSSR count). The fraction of sp³-hybridized carbons (Fsp3) is 0.167. The first-order chi connectivity index (χ1) is 8.15. The van der Waals surface area contributed by atoms with Crippen LogP contribution in [0.3, 0.4) is 0 Å². The minimum Gasteiger partial charge on any atom is -0.465 e. The van der Waals surface area contributed by atoms with Crippen molar-refractivity contribution in [3.63, 3.8) is 0 Å². The van der Waals surface area contributed by atoms with Crippen LogP contribution in [0.2, 0.25) is 0 Å². The number of carbonyl (C=O) groups excluding carboxylic acids is 1. The number of carbonyl (C=O) groups is 2. The lowest BCUT2D eigenvalue weighted by Crippen LogP contribution is -2.03. The van der Waals surface area contributed by atoms with E-state index in [9.17, 15) is 9.59 Å². The van der Waals surface area contributed by atoms with Crippen molar-refractivity contribution in [3.05, 3.63) is 41.5 Å². The highest BCUT2D eigenvalue weighted by molar-refractivity contribution is 5.93. The molecule has 0 fully saturated rings. The number of methoxy groups -OCH3 is 1. The Hall–Kier alpha value is -2.30. The molecule has 5 heteroatoms. The van der Waals surface area contributed by atoms with Gasteiger partial charge < -0.3 is 14.6 Å². The molecule has 17 heavy (non-hydrogen) atoms. The predicted octanol–water partition coefficient (Wildman–Crippen LogP) is 2.18. The Labute approximate surface area is 98.3 Å². The zero-order valence-electron chi connectivity index (χ0n) is 9.25. The normalized spacial score (nSPS) is 10.2. The minimum atomic E-state index is -1.34. The lowest BCUT2D eigenvalue weighted by atomic mass is 10.1. The van der Waals surface area contributed by atoms with Crippen LogP contribution >= 0.6 is 0 Å². The van der Waals surface area contributed by atoms with E-state index < -0.39 is 12.1 Å². The molecule has 0 aliphatic rings. The lowest BCUT2D eigenvalue weighted by Gasteiger charge is -2.03. The highest BCUT2D eigenvalue weighted by atomic mass is 16.7. The molecule has 0 aromatic heterocycles. The quantitative estimate of drug-likeness (QED) is 0.811. The molecule has 0 saturated carbocycles. The van der Waals surface area contributed by atoms with Crippen LogP contribution in [-0.2, 0) is 9.47 Å². The second kappa shape index (κ2) is 6.32. The number of hydrogen-bond acceptors (Lipinski definition) is 4. The summed E-state index contributed by atoms with van der Waals surface area (Å²) in [6.07, 6.45) is 1.78. The predicted molar refractivity (Wildman–Crippen MR) is 60.8 cm³/mol. The second-order valence-electron chi connectivity index (χ2n) is 3.06. The van der Waals surface area contributed by atoms with Crippen LogP contribution in [0.1, 0.15) is 15.9 Å². The van der Waals surface area contributed by atoms with E-state index in [1.54, 1.807) is 30.3 Å².